The van der Waals surface area contributed by atoms with Crippen LogP contribution in [0.4, 0.5) is 8.78 Å². The zero-order chi connectivity index (χ0) is 22.2. The molecular weight excluding hydrogens is 416 g/mol. The first-order valence-electron chi connectivity index (χ1n) is 9.70. The van der Waals surface area contributed by atoms with Crippen LogP contribution in [0.5, 0.6) is 0 Å². The molecule has 2 N–H and O–H groups in total. The number of amides is 1. The fourth-order valence-electron chi connectivity index (χ4n) is 3.52. The summed E-state index contributed by atoms with van der Waals surface area (Å²) < 4.78 is 28.9. The number of hydrogen-bond donors (Lipinski definition) is 2. The summed E-state index contributed by atoms with van der Waals surface area (Å²) in [6.45, 7) is 0.0169. The van der Waals surface area contributed by atoms with E-state index in [9.17, 15) is 18.4 Å². The Morgan fingerprint density at radius 2 is 1.88 bits per heavy atom. The van der Waals surface area contributed by atoms with Crippen molar-refractivity contribution in [1.82, 2.24) is 25.1 Å². The lowest BCUT2D eigenvalue weighted by Gasteiger charge is -2.08. The maximum Gasteiger partial charge on any atom is 0.281 e. The number of benzene rings is 3. The molecule has 0 radical (unpaired) electrons. The average molecular weight is 431 g/mol. The fraction of sp³-hybridized carbons (Fsp3) is 0.0435. The number of halogens is 2. The van der Waals surface area contributed by atoms with E-state index in [0.29, 0.717) is 22.3 Å². The van der Waals surface area contributed by atoms with Crippen molar-refractivity contribution in [2.75, 3.05) is 0 Å². The largest absolute Gasteiger partial charge is 0.348 e. The van der Waals surface area contributed by atoms with Gasteiger partial charge in [0.1, 0.15) is 17.3 Å². The molecule has 0 aliphatic heterocycles. The smallest absolute Gasteiger partial charge is 0.281 e. The van der Waals surface area contributed by atoms with Crippen molar-refractivity contribution in [2.45, 2.75) is 6.54 Å². The maximum absolute atomic E-state index is 13.8. The highest BCUT2D eigenvalue weighted by atomic mass is 19.1. The van der Waals surface area contributed by atoms with Crippen molar-refractivity contribution in [3.8, 4) is 11.3 Å². The van der Waals surface area contributed by atoms with Crippen LogP contribution in [-0.2, 0) is 6.54 Å². The summed E-state index contributed by atoms with van der Waals surface area (Å²) in [7, 11) is 0. The summed E-state index contributed by atoms with van der Waals surface area (Å²) in [4.78, 5) is 29.3. The van der Waals surface area contributed by atoms with Crippen LogP contribution in [-0.4, -0.2) is 25.7 Å². The first kappa shape index (κ1) is 19.6. The number of nitrogens with one attached hydrogen (secondary N) is 2. The number of carbonyl (C=O) groups is 1. The third kappa shape index (κ3) is 3.39. The predicted molar refractivity (Wildman–Crippen MR) is 114 cm³/mol. The summed E-state index contributed by atoms with van der Waals surface area (Å²) in [6.07, 6.45) is 0. The van der Waals surface area contributed by atoms with E-state index in [2.05, 4.69) is 20.6 Å². The highest BCUT2D eigenvalue weighted by molar-refractivity contribution is 5.98. The molecule has 0 saturated heterocycles. The summed E-state index contributed by atoms with van der Waals surface area (Å²) in [5.41, 5.74) is 1.47. The minimum Gasteiger partial charge on any atom is -0.348 e. The normalized spacial score (nSPS) is 11.2. The molecule has 0 saturated carbocycles. The molecule has 3 aromatic carbocycles. The third-order valence-corrected chi connectivity index (χ3v) is 5.12. The van der Waals surface area contributed by atoms with Crippen molar-refractivity contribution < 1.29 is 13.6 Å². The Kier molecular flexibility index (Phi) is 4.70. The molecule has 9 heteroatoms. The molecule has 0 aliphatic carbocycles. The standard InChI is InChI=1S/C23H15F2N5O2/c24-16-6-3-5-13(10-16)20-21-27-23(32)17-9-8-14(11-19(17)30(21)29-28-20)22(31)26-12-15-4-1-2-7-18(15)25/h1-11,29H,12H2,(H,26,31). The monoisotopic (exact) mass is 431 g/mol. The fourth-order valence-corrected chi connectivity index (χ4v) is 3.52. The van der Waals surface area contributed by atoms with Crippen LogP contribution in [0.3, 0.4) is 0 Å². The van der Waals surface area contributed by atoms with Gasteiger partial charge in [0.05, 0.1) is 10.9 Å². The van der Waals surface area contributed by atoms with Crippen molar-refractivity contribution in [3.05, 3.63) is 99.8 Å². The molecule has 0 bridgehead atoms. The summed E-state index contributed by atoms with van der Waals surface area (Å²) in [6, 6.07) is 16.5. The number of H-pyrrole nitrogens is 1. The van der Waals surface area contributed by atoms with Gasteiger partial charge in [-0.3, -0.25) is 9.59 Å². The van der Waals surface area contributed by atoms with Gasteiger partial charge in [0.15, 0.2) is 5.65 Å². The van der Waals surface area contributed by atoms with Crippen molar-refractivity contribution in [1.29, 1.82) is 0 Å². The minimum absolute atomic E-state index is 0.0169. The number of nitrogens with zero attached hydrogens (tertiary/aromatic N) is 3. The van der Waals surface area contributed by atoms with Crippen LogP contribution >= 0.6 is 0 Å². The molecule has 5 aromatic rings. The van der Waals surface area contributed by atoms with E-state index < -0.39 is 23.1 Å². The topological polar surface area (TPSA) is 92.2 Å². The van der Waals surface area contributed by atoms with Gasteiger partial charge < -0.3 is 5.32 Å². The molecule has 32 heavy (non-hydrogen) atoms. The predicted octanol–water partition coefficient (Wildman–Crippen LogP) is 3.45. The Balaban J connectivity index is 1.55. The number of aromatic amines is 1. The Bertz CT molecular complexity index is 1560. The van der Waals surface area contributed by atoms with E-state index in [4.69, 9.17) is 0 Å². The molecule has 1 amide bonds. The molecule has 0 fully saturated rings. The minimum atomic E-state index is -0.502. The zero-order valence-electron chi connectivity index (χ0n) is 16.5. The lowest BCUT2D eigenvalue weighted by molar-refractivity contribution is 0.0950. The van der Waals surface area contributed by atoms with E-state index in [0.717, 1.165) is 0 Å². The average Bonchev–Trinajstić information content (AvgIpc) is 3.22. The number of aromatic nitrogens is 4. The molecule has 2 aromatic heterocycles. The molecule has 2 heterocycles. The Morgan fingerprint density at radius 1 is 1.03 bits per heavy atom. The van der Waals surface area contributed by atoms with Crippen molar-refractivity contribution >= 4 is 22.5 Å². The van der Waals surface area contributed by atoms with Gasteiger partial charge >= 0.3 is 0 Å². The molecule has 158 valence electrons. The lowest BCUT2D eigenvalue weighted by atomic mass is 10.1. The third-order valence-electron chi connectivity index (χ3n) is 5.12. The molecular formula is C23H15F2N5O2. The highest BCUT2D eigenvalue weighted by Gasteiger charge is 2.16. The molecule has 0 aliphatic rings. The number of fused-ring (bicyclic) bond motifs is 3. The van der Waals surface area contributed by atoms with Gasteiger partial charge in [0.2, 0.25) is 0 Å². The van der Waals surface area contributed by atoms with Gasteiger partial charge in [-0.05, 0) is 36.4 Å². The molecule has 0 atom stereocenters. The molecule has 0 spiro atoms. The SMILES string of the molecule is O=C(NCc1ccccc1F)c1ccc2c(=O)nc3c(-c4cccc(F)c4)n[nH]n3c2c1. The van der Waals surface area contributed by atoms with Gasteiger partial charge in [-0.25, -0.2) is 18.5 Å². The van der Waals surface area contributed by atoms with Gasteiger partial charge in [0, 0.05) is 23.2 Å². The first-order chi connectivity index (χ1) is 15.5. The van der Waals surface area contributed by atoms with E-state index in [1.54, 1.807) is 24.3 Å². The van der Waals surface area contributed by atoms with Gasteiger partial charge in [-0.1, -0.05) is 30.3 Å². The van der Waals surface area contributed by atoms with Crippen LogP contribution in [0.1, 0.15) is 15.9 Å². The summed E-state index contributed by atoms with van der Waals surface area (Å²) in [5.74, 6) is -1.29. The molecule has 5 rings (SSSR count). The Labute approximate surface area is 179 Å². The maximum atomic E-state index is 13.8. The van der Waals surface area contributed by atoms with Gasteiger partial charge in [-0.2, -0.15) is 10.1 Å². The Hall–Kier alpha value is -4.40. The van der Waals surface area contributed by atoms with Crippen LogP contribution < -0.4 is 10.9 Å². The zero-order valence-corrected chi connectivity index (χ0v) is 16.5. The number of rotatable bonds is 4. The van der Waals surface area contributed by atoms with E-state index in [1.807, 2.05) is 0 Å². The number of carbonyl (C=O) groups excluding carboxylic acids is 1. The quantitative estimate of drug-likeness (QED) is 0.456. The van der Waals surface area contributed by atoms with Crippen molar-refractivity contribution in [2.24, 2.45) is 0 Å². The van der Waals surface area contributed by atoms with E-state index >= 15 is 0 Å². The second-order valence-electron chi connectivity index (χ2n) is 7.15. The Morgan fingerprint density at radius 3 is 2.69 bits per heavy atom. The lowest BCUT2D eigenvalue weighted by Crippen LogP contribution is -2.23. The van der Waals surface area contributed by atoms with Gasteiger partial charge in [-0.15, -0.1) is 0 Å². The van der Waals surface area contributed by atoms with Crippen LogP contribution in [0.15, 0.2) is 71.5 Å². The second kappa shape index (κ2) is 7.69. The van der Waals surface area contributed by atoms with Gasteiger partial charge in [0.25, 0.3) is 11.5 Å². The molecule has 0 unspecified atom stereocenters. The first-order valence-corrected chi connectivity index (χ1v) is 9.70. The summed E-state index contributed by atoms with van der Waals surface area (Å²) >= 11 is 0. The second-order valence-corrected chi connectivity index (χ2v) is 7.15. The number of hydrogen-bond acceptors (Lipinski definition) is 4. The van der Waals surface area contributed by atoms with Crippen LogP contribution in [0.2, 0.25) is 0 Å². The molecule has 7 nitrogen and oxygen atoms in total. The summed E-state index contributed by atoms with van der Waals surface area (Å²) in [5, 5.41) is 9.91. The van der Waals surface area contributed by atoms with Crippen LogP contribution in [0.25, 0.3) is 27.8 Å². The van der Waals surface area contributed by atoms with Crippen molar-refractivity contribution in [3.63, 3.8) is 0 Å². The van der Waals surface area contributed by atoms with E-state index in [-0.39, 0.29) is 23.1 Å². The highest BCUT2D eigenvalue weighted by Crippen LogP contribution is 2.23. The van der Waals surface area contributed by atoms with E-state index in [1.165, 1.54) is 47.0 Å². The van der Waals surface area contributed by atoms with Crippen LogP contribution in [0, 0.1) is 11.6 Å².